The summed E-state index contributed by atoms with van der Waals surface area (Å²) in [6, 6.07) is 8.61. The molecule has 1 saturated carbocycles. The van der Waals surface area contributed by atoms with Crippen LogP contribution in [0.25, 0.3) is 0 Å². The molecule has 1 heterocycles. The highest BCUT2D eigenvalue weighted by Crippen LogP contribution is 2.35. The average Bonchev–Trinajstić information content (AvgIpc) is 3.30. The summed E-state index contributed by atoms with van der Waals surface area (Å²) in [4.78, 5) is 17.0. The summed E-state index contributed by atoms with van der Waals surface area (Å²) in [5.74, 6) is 1.10. The van der Waals surface area contributed by atoms with Gasteiger partial charge in [-0.1, -0.05) is 17.7 Å². The molecule has 1 aliphatic heterocycles. The topological polar surface area (TPSA) is 23.6 Å². The molecule has 1 saturated heterocycles. The molecule has 1 unspecified atom stereocenters. The Morgan fingerprint density at radius 1 is 1.20 bits per heavy atom. The van der Waals surface area contributed by atoms with Crippen molar-refractivity contribution in [1.29, 1.82) is 0 Å². The largest absolute Gasteiger partial charge is 0.336 e. The van der Waals surface area contributed by atoms with E-state index in [0.717, 1.165) is 43.2 Å². The number of piperazine rings is 1. The molecule has 2 aliphatic rings. The van der Waals surface area contributed by atoms with Crippen molar-refractivity contribution in [2.45, 2.75) is 32.7 Å². The Bertz CT molecular complexity index is 488. The molecule has 108 valence electrons. The van der Waals surface area contributed by atoms with E-state index in [-0.39, 0.29) is 5.91 Å². The summed E-state index contributed by atoms with van der Waals surface area (Å²) in [5, 5.41) is 0. The van der Waals surface area contributed by atoms with E-state index in [1.54, 1.807) is 0 Å². The number of amides is 1. The first kappa shape index (κ1) is 13.6. The number of carbonyl (C=O) groups excluding carboxylic acids is 1. The Hall–Kier alpha value is -1.35. The van der Waals surface area contributed by atoms with E-state index in [1.807, 2.05) is 36.1 Å². The van der Waals surface area contributed by atoms with E-state index < -0.39 is 0 Å². The number of hydrogen-bond donors (Lipinski definition) is 0. The van der Waals surface area contributed by atoms with E-state index in [4.69, 9.17) is 0 Å². The predicted octanol–water partition coefficient (Wildman–Crippen LogP) is 2.55. The summed E-state index contributed by atoms with van der Waals surface area (Å²) in [5.41, 5.74) is 1.98. The molecule has 1 aromatic rings. The lowest BCUT2D eigenvalue weighted by Gasteiger charge is -2.38. The Labute approximate surface area is 121 Å². The summed E-state index contributed by atoms with van der Waals surface area (Å²) in [6.07, 6.45) is 2.78. The molecule has 1 atom stereocenters. The van der Waals surface area contributed by atoms with E-state index >= 15 is 0 Å². The van der Waals surface area contributed by atoms with Crippen LogP contribution in [0, 0.1) is 12.8 Å². The molecule has 0 bridgehead atoms. The van der Waals surface area contributed by atoms with Crippen LogP contribution in [0.2, 0.25) is 0 Å². The van der Waals surface area contributed by atoms with Gasteiger partial charge < -0.3 is 4.90 Å². The molecule has 0 radical (unpaired) electrons. The molecule has 3 heteroatoms. The number of rotatable bonds is 3. The molecule has 20 heavy (non-hydrogen) atoms. The Morgan fingerprint density at radius 3 is 2.50 bits per heavy atom. The van der Waals surface area contributed by atoms with Crippen molar-refractivity contribution in [3.05, 3.63) is 35.4 Å². The fraction of sp³-hybridized carbons (Fsp3) is 0.588. The van der Waals surface area contributed by atoms with Crippen LogP contribution in [0.1, 0.15) is 35.7 Å². The predicted molar refractivity (Wildman–Crippen MR) is 80.8 cm³/mol. The Kier molecular flexibility index (Phi) is 3.79. The van der Waals surface area contributed by atoms with Gasteiger partial charge in [-0.3, -0.25) is 9.69 Å². The second kappa shape index (κ2) is 5.57. The van der Waals surface area contributed by atoms with Crippen LogP contribution in [0.5, 0.6) is 0 Å². The van der Waals surface area contributed by atoms with Gasteiger partial charge in [0.25, 0.3) is 5.91 Å². The number of carbonyl (C=O) groups is 1. The first-order valence-corrected chi connectivity index (χ1v) is 7.75. The summed E-state index contributed by atoms with van der Waals surface area (Å²) in [7, 11) is 0. The zero-order valence-corrected chi connectivity index (χ0v) is 12.5. The van der Waals surface area contributed by atoms with Crippen molar-refractivity contribution < 1.29 is 4.79 Å². The van der Waals surface area contributed by atoms with Crippen molar-refractivity contribution >= 4 is 5.91 Å². The third kappa shape index (κ3) is 2.88. The molecule has 3 nitrogen and oxygen atoms in total. The Balaban J connectivity index is 1.58. The molecule has 1 aromatic carbocycles. The van der Waals surface area contributed by atoms with Gasteiger partial charge in [0.05, 0.1) is 0 Å². The van der Waals surface area contributed by atoms with Gasteiger partial charge in [-0.15, -0.1) is 0 Å². The molecule has 0 spiro atoms. The first-order chi connectivity index (χ1) is 9.65. The zero-order valence-electron chi connectivity index (χ0n) is 12.5. The minimum absolute atomic E-state index is 0.187. The van der Waals surface area contributed by atoms with Crippen molar-refractivity contribution in [2.24, 2.45) is 5.92 Å². The van der Waals surface area contributed by atoms with Gasteiger partial charge in [0.15, 0.2) is 0 Å². The van der Waals surface area contributed by atoms with Crippen LogP contribution in [0.4, 0.5) is 0 Å². The highest BCUT2D eigenvalue weighted by Gasteiger charge is 2.34. The highest BCUT2D eigenvalue weighted by molar-refractivity contribution is 5.94. The van der Waals surface area contributed by atoms with Gasteiger partial charge in [0, 0.05) is 37.8 Å². The van der Waals surface area contributed by atoms with Crippen LogP contribution < -0.4 is 0 Å². The standard InChI is InChI=1S/C17H24N2O/c1-13-4-3-5-16(12-13)17(20)19-10-8-18(9-11-19)14(2)15-6-7-15/h3-5,12,14-15H,6-11H2,1-2H3. The molecule has 1 aliphatic carbocycles. The molecule has 0 N–H and O–H groups in total. The van der Waals surface area contributed by atoms with Crippen LogP contribution in [-0.4, -0.2) is 47.9 Å². The lowest BCUT2D eigenvalue weighted by Crippen LogP contribution is -2.51. The van der Waals surface area contributed by atoms with Gasteiger partial charge in [0.2, 0.25) is 0 Å². The third-order valence-corrected chi connectivity index (χ3v) is 4.75. The SMILES string of the molecule is Cc1cccc(C(=O)N2CCN(C(C)C3CC3)CC2)c1. The van der Waals surface area contributed by atoms with Crippen molar-refractivity contribution in [2.75, 3.05) is 26.2 Å². The van der Waals surface area contributed by atoms with Gasteiger partial charge in [0.1, 0.15) is 0 Å². The molecule has 3 rings (SSSR count). The van der Waals surface area contributed by atoms with Crippen molar-refractivity contribution in [3.8, 4) is 0 Å². The quantitative estimate of drug-likeness (QED) is 0.844. The smallest absolute Gasteiger partial charge is 0.253 e. The fourth-order valence-electron chi connectivity index (χ4n) is 3.17. The Morgan fingerprint density at radius 2 is 1.90 bits per heavy atom. The average molecular weight is 272 g/mol. The second-order valence-electron chi connectivity index (χ2n) is 6.28. The third-order valence-electron chi connectivity index (χ3n) is 4.75. The molecular weight excluding hydrogens is 248 g/mol. The van der Waals surface area contributed by atoms with E-state index in [2.05, 4.69) is 11.8 Å². The maximum Gasteiger partial charge on any atom is 0.253 e. The van der Waals surface area contributed by atoms with E-state index in [0.29, 0.717) is 6.04 Å². The number of benzene rings is 1. The number of aryl methyl sites for hydroxylation is 1. The lowest BCUT2D eigenvalue weighted by molar-refractivity contribution is 0.0564. The molecule has 2 fully saturated rings. The molecule has 0 aromatic heterocycles. The normalized spacial score (nSPS) is 21.8. The maximum absolute atomic E-state index is 12.5. The van der Waals surface area contributed by atoms with Gasteiger partial charge >= 0.3 is 0 Å². The van der Waals surface area contributed by atoms with E-state index in [9.17, 15) is 4.79 Å². The van der Waals surface area contributed by atoms with E-state index in [1.165, 1.54) is 12.8 Å². The lowest BCUT2D eigenvalue weighted by atomic mass is 10.1. The number of nitrogens with zero attached hydrogens (tertiary/aromatic N) is 2. The van der Waals surface area contributed by atoms with Crippen LogP contribution in [-0.2, 0) is 0 Å². The molecular formula is C17H24N2O. The van der Waals surface area contributed by atoms with Gasteiger partial charge in [-0.25, -0.2) is 0 Å². The van der Waals surface area contributed by atoms with Gasteiger partial charge in [-0.05, 0) is 44.7 Å². The molecule has 1 amide bonds. The van der Waals surface area contributed by atoms with Crippen LogP contribution in [0.3, 0.4) is 0 Å². The van der Waals surface area contributed by atoms with Crippen molar-refractivity contribution in [3.63, 3.8) is 0 Å². The maximum atomic E-state index is 12.5. The minimum atomic E-state index is 0.187. The zero-order chi connectivity index (χ0) is 14.1. The van der Waals surface area contributed by atoms with Crippen LogP contribution in [0.15, 0.2) is 24.3 Å². The second-order valence-corrected chi connectivity index (χ2v) is 6.28. The van der Waals surface area contributed by atoms with Crippen molar-refractivity contribution in [1.82, 2.24) is 9.80 Å². The highest BCUT2D eigenvalue weighted by atomic mass is 16.2. The van der Waals surface area contributed by atoms with Crippen LogP contribution >= 0.6 is 0 Å². The first-order valence-electron chi connectivity index (χ1n) is 7.75. The summed E-state index contributed by atoms with van der Waals surface area (Å²) >= 11 is 0. The minimum Gasteiger partial charge on any atom is -0.336 e. The summed E-state index contributed by atoms with van der Waals surface area (Å²) in [6.45, 7) is 8.15. The monoisotopic (exact) mass is 272 g/mol. The number of hydrogen-bond acceptors (Lipinski definition) is 2. The van der Waals surface area contributed by atoms with Gasteiger partial charge in [-0.2, -0.15) is 0 Å². The fourth-order valence-corrected chi connectivity index (χ4v) is 3.17. The summed E-state index contributed by atoms with van der Waals surface area (Å²) < 4.78 is 0.